The molecule has 1 aromatic rings. The van der Waals surface area contributed by atoms with E-state index < -0.39 is 32.8 Å². The highest BCUT2D eigenvalue weighted by molar-refractivity contribution is 7.92. The van der Waals surface area contributed by atoms with E-state index in [4.69, 9.17) is 0 Å². The van der Waals surface area contributed by atoms with E-state index in [9.17, 15) is 22.3 Å². The SMILES string of the molecule is O=S1(=O)CCCCC1C(O)c1cc(F)cc(F)c1. The van der Waals surface area contributed by atoms with Crippen LogP contribution in [-0.4, -0.2) is 24.5 Å². The van der Waals surface area contributed by atoms with Crippen LogP contribution in [0.25, 0.3) is 0 Å². The zero-order valence-corrected chi connectivity index (χ0v) is 10.5. The van der Waals surface area contributed by atoms with Crippen LogP contribution in [0.4, 0.5) is 8.78 Å². The quantitative estimate of drug-likeness (QED) is 0.898. The number of aliphatic hydroxyl groups excluding tert-OH is 1. The first-order chi connectivity index (χ1) is 8.40. The Morgan fingerprint density at radius 2 is 1.78 bits per heavy atom. The molecule has 6 heteroatoms. The number of hydrogen-bond acceptors (Lipinski definition) is 3. The van der Waals surface area contributed by atoms with Crippen molar-refractivity contribution in [1.82, 2.24) is 0 Å². The van der Waals surface area contributed by atoms with E-state index in [1.54, 1.807) is 0 Å². The van der Waals surface area contributed by atoms with E-state index in [2.05, 4.69) is 0 Å². The maximum atomic E-state index is 13.0. The van der Waals surface area contributed by atoms with E-state index in [0.29, 0.717) is 25.3 Å². The fraction of sp³-hybridized carbons (Fsp3) is 0.500. The summed E-state index contributed by atoms with van der Waals surface area (Å²) in [6, 6.07) is 2.63. The van der Waals surface area contributed by atoms with Gasteiger partial charge in [0.05, 0.1) is 17.1 Å². The van der Waals surface area contributed by atoms with Crippen LogP contribution in [0.15, 0.2) is 18.2 Å². The largest absolute Gasteiger partial charge is 0.387 e. The van der Waals surface area contributed by atoms with Crippen LogP contribution in [0.1, 0.15) is 30.9 Å². The molecule has 1 saturated heterocycles. The zero-order valence-electron chi connectivity index (χ0n) is 9.64. The molecule has 0 saturated carbocycles. The van der Waals surface area contributed by atoms with Gasteiger partial charge < -0.3 is 5.11 Å². The van der Waals surface area contributed by atoms with Crippen LogP contribution in [0.5, 0.6) is 0 Å². The summed E-state index contributed by atoms with van der Waals surface area (Å²) in [5.41, 5.74) is -0.0250. The van der Waals surface area contributed by atoms with Gasteiger partial charge in [-0.05, 0) is 30.5 Å². The van der Waals surface area contributed by atoms with Gasteiger partial charge in [-0.25, -0.2) is 17.2 Å². The molecule has 1 fully saturated rings. The second-order valence-corrected chi connectivity index (χ2v) is 6.89. The van der Waals surface area contributed by atoms with Crippen molar-refractivity contribution in [2.45, 2.75) is 30.6 Å². The Morgan fingerprint density at radius 3 is 2.33 bits per heavy atom. The van der Waals surface area contributed by atoms with Gasteiger partial charge in [0, 0.05) is 6.07 Å². The summed E-state index contributed by atoms with van der Waals surface area (Å²) in [5.74, 6) is -1.62. The molecule has 18 heavy (non-hydrogen) atoms. The first-order valence-corrected chi connectivity index (χ1v) is 7.47. The van der Waals surface area contributed by atoms with Gasteiger partial charge in [-0.15, -0.1) is 0 Å². The van der Waals surface area contributed by atoms with Crippen LogP contribution in [0.3, 0.4) is 0 Å². The number of benzene rings is 1. The van der Waals surface area contributed by atoms with Crippen molar-refractivity contribution in [2.75, 3.05) is 5.75 Å². The molecule has 1 aromatic carbocycles. The van der Waals surface area contributed by atoms with Gasteiger partial charge >= 0.3 is 0 Å². The molecule has 1 N–H and O–H groups in total. The number of hydrogen-bond donors (Lipinski definition) is 1. The normalized spacial score (nSPS) is 24.7. The lowest BCUT2D eigenvalue weighted by Gasteiger charge is -2.26. The maximum absolute atomic E-state index is 13.0. The second kappa shape index (κ2) is 4.93. The fourth-order valence-electron chi connectivity index (χ4n) is 2.29. The Bertz CT molecular complexity index is 522. The summed E-state index contributed by atoms with van der Waals surface area (Å²) in [5, 5.41) is 9.05. The summed E-state index contributed by atoms with van der Waals surface area (Å²) >= 11 is 0. The molecule has 1 aliphatic heterocycles. The highest BCUT2D eigenvalue weighted by atomic mass is 32.2. The third-order valence-electron chi connectivity index (χ3n) is 3.21. The number of aliphatic hydroxyl groups is 1. The highest BCUT2D eigenvalue weighted by Crippen LogP contribution is 2.31. The summed E-state index contributed by atoms with van der Waals surface area (Å²) in [4.78, 5) is 0. The van der Waals surface area contributed by atoms with Crippen molar-refractivity contribution >= 4 is 9.84 Å². The van der Waals surface area contributed by atoms with Gasteiger partial charge in [0.15, 0.2) is 9.84 Å². The number of rotatable bonds is 2. The molecular formula is C12H14F2O3S. The number of sulfone groups is 1. The minimum atomic E-state index is -3.39. The predicted molar refractivity (Wildman–Crippen MR) is 62.7 cm³/mol. The van der Waals surface area contributed by atoms with Crippen molar-refractivity contribution in [1.29, 1.82) is 0 Å². The van der Waals surface area contributed by atoms with E-state index in [0.717, 1.165) is 12.1 Å². The molecule has 2 atom stereocenters. The van der Waals surface area contributed by atoms with Crippen molar-refractivity contribution in [3.05, 3.63) is 35.4 Å². The van der Waals surface area contributed by atoms with Gasteiger partial charge in [-0.2, -0.15) is 0 Å². The summed E-state index contributed by atoms with van der Waals surface area (Å²) in [6.07, 6.45) is 0.212. The summed E-state index contributed by atoms with van der Waals surface area (Å²) in [7, 11) is -3.39. The molecule has 3 nitrogen and oxygen atoms in total. The Hall–Kier alpha value is -1.01. The van der Waals surface area contributed by atoms with Gasteiger partial charge in [-0.3, -0.25) is 0 Å². The maximum Gasteiger partial charge on any atom is 0.156 e. The van der Waals surface area contributed by atoms with Gasteiger partial charge in [0.25, 0.3) is 0 Å². The molecular weight excluding hydrogens is 262 g/mol. The second-order valence-electron chi connectivity index (χ2n) is 4.55. The first-order valence-electron chi connectivity index (χ1n) is 5.76. The Morgan fingerprint density at radius 1 is 1.17 bits per heavy atom. The molecule has 100 valence electrons. The van der Waals surface area contributed by atoms with Crippen LogP contribution in [0.2, 0.25) is 0 Å². The van der Waals surface area contributed by atoms with Crippen LogP contribution >= 0.6 is 0 Å². The molecule has 2 rings (SSSR count). The lowest BCUT2D eigenvalue weighted by Crippen LogP contribution is -2.33. The van der Waals surface area contributed by atoms with Gasteiger partial charge in [0.1, 0.15) is 11.6 Å². The van der Waals surface area contributed by atoms with Crippen LogP contribution in [0, 0.1) is 11.6 Å². The van der Waals surface area contributed by atoms with Crippen LogP contribution < -0.4 is 0 Å². The lowest BCUT2D eigenvalue weighted by molar-refractivity contribution is 0.163. The van der Waals surface area contributed by atoms with Crippen molar-refractivity contribution in [3.8, 4) is 0 Å². The standard InChI is InChI=1S/C12H14F2O3S/c13-9-5-8(6-10(14)7-9)12(15)11-3-1-2-4-18(11,16)17/h5-7,11-12,15H,1-4H2. The minimum absolute atomic E-state index is 0.0204. The summed E-state index contributed by atoms with van der Waals surface area (Å²) in [6.45, 7) is 0. The monoisotopic (exact) mass is 276 g/mol. The van der Waals surface area contributed by atoms with Crippen molar-refractivity contribution < 1.29 is 22.3 Å². The fourth-order valence-corrected chi connectivity index (χ4v) is 4.28. The molecule has 0 aromatic heterocycles. The Kier molecular flexibility index (Phi) is 3.68. The number of halogens is 2. The zero-order chi connectivity index (χ0) is 13.3. The van der Waals surface area contributed by atoms with Crippen molar-refractivity contribution in [2.24, 2.45) is 0 Å². The third-order valence-corrected chi connectivity index (χ3v) is 5.48. The van der Waals surface area contributed by atoms with E-state index >= 15 is 0 Å². The average Bonchev–Trinajstić information content (AvgIpc) is 2.26. The molecule has 0 aliphatic carbocycles. The smallest absolute Gasteiger partial charge is 0.156 e. The molecule has 2 unspecified atom stereocenters. The molecule has 1 heterocycles. The first kappa shape index (κ1) is 13.4. The van der Waals surface area contributed by atoms with Crippen LogP contribution in [-0.2, 0) is 9.84 Å². The highest BCUT2D eigenvalue weighted by Gasteiger charge is 2.35. The lowest BCUT2D eigenvalue weighted by atomic mass is 10.0. The van der Waals surface area contributed by atoms with Gasteiger partial charge in [0.2, 0.25) is 0 Å². The van der Waals surface area contributed by atoms with E-state index in [-0.39, 0.29) is 11.3 Å². The molecule has 0 bridgehead atoms. The Labute approximate surface area is 104 Å². The molecule has 0 radical (unpaired) electrons. The van der Waals surface area contributed by atoms with E-state index in [1.807, 2.05) is 0 Å². The molecule has 1 aliphatic rings. The summed E-state index contributed by atoms with van der Waals surface area (Å²) < 4.78 is 49.7. The predicted octanol–water partition coefficient (Wildman–Crippen LogP) is 1.97. The average molecular weight is 276 g/mol. The van der Waals surface area contributed by atoms with Crippen molar-refractivity contribution in [3.63, 3.8) is 0 Å². The topological polar surface area (TPSA) is 54.4 Å². The minimum Gasteiger partial charge on any atom is -0.387 e. The molecule has 0 spiro atoms. The third kappa shape index (κ3) is 2.70. The van der Waals surface area contributed by atoms with Gasteiger partial charge in [-0.1, -0.05) is 6.42 Å². The van der Waals surface area contributed by atoms with E-state index in [1.165, 1.54) is 0 Å². The molecule has 0 amide bonds. The Balaban J connectivity index is 2.32.